The molecule has 0 saturated carbocycles. The number of aromatic nitrogens is 3. The van der Waals surface area contributed by atoms with Crippen molar-refractivity contribution in [1.29, 1.82) is 0 Å². The van der Waals surface area contributed by atoms with Gasteiger partial charge >= 0.3 is 0 Å². The molecule has 1 unspecified atom stereocenters. The smallest absolute Gasteiger partial charge is 0.224 e. The lowest BCUT2D eigenvalue weighted by molar-refractivity contribution is -0.126. The molecule has 1 aromatic heterocycles. The van der Waals surface area contributed by atoms with E-state index in [1.807, 2.05) is 0 Å². The summed E-state index contributed by atoms with van der Waals surface area (Å²) >= 11 is 0. The summed E-state index contributed by atoms with van der Waals surface area (Å²) in [4.78, 5) is 14.5. The van der Waals surface area contributed by atoms with E-state index in [0.29, 0.717) is 6.54 Å². The first-order valence-corrected chi connectivity index (χ1v) is 7.82. The molecule has 0 radical (unpaired) electrons. The molecule has 2 aliphatic rings. The first-order valence-electron chi connectivity index (χ1n) is 7.82. The van der Waals surface area contributed by atoms with Gasteiger partial charge in [0, 0.05) is 32.6 Å². The van der Waals surface area contributed by atoms with E-state index < -0.39 is 0 Å². The molecule has 0 spiro atoms. The van der Waals surface area contributed by atoms with Crippen molar-refractivity contribution in [3.63, 3.8) is 0 Å². The zero-order chi connectivity index (χ0) is 14.7. The quantitative estimate of drug-likeness (QED) is 0.777. The van der Waals surface area contributed by atoms with Crippen molar-refractivity contribution in [1.82, 2.24) is 30.3 Å². The molecule has 7 heteroatoms. The molecule has 1 amide bonds. The van der Waals surface area contributed by atoms with E-state index in [9.17, 15) is 4.79 Å². The van der Waals surface area contributed by atoms with Crippen LogP contribution in [0.4, 0.5) is 0 Å². The highest BCUT2D eigenvalue weighted by Crippen LogP contribution is 2.15. The molecule has 1 atom stereocenters. The molecular formula is C14H24N6O. The summed E-state index contributed by atoms with van der Waals surface area (Å²) in [7, 11) is 2.07. The van der Waals surface area contributed by atoms with Crippen LogP contribution in [0.5, 0.6) is 0 Å². The van der Waals surface area contributed by atoms with E-state index >= 15 is 0 Å². The van der Waals surface area contributed by atoms with Gasteiger partial charge in [0.1, 0.15) is 5.82 Å². The van der Waals surface area contributed by atoms with Crippen LogP contribution in [-0.2, 0) is 24.3 Å². The first-order chi connectivity index (χ1) is 10.2. The maximum absolute atomic E-state index is 12.3. The van der Waals surface area contributed by atoms with Gasteiger partial charge in [-0.05, 0) is 26.4 Å². The molecule has 0 aromatic carbocycles. The number of fused-ring (bicyclic) bond motifs is 1. The Hall–Kier alpha value is -1.47. The zero-order valence-electron chi connectivity index (χ0n) is 12.6. The summed E-state index contributed by atoms with van der Waals surface area (Å²) in [6.07, 6.45) is 2.98. The predicted molar refractivity (Wildman–Crippen MR) is 78.7 cm³/mol. The highest BCUT2D eigenvalue weighted by Gasteiger charge is 2.24. The maximum atomic E-state index is 12.3. The van der Waals surface area contributed by atoms with Crippen LogP contribution < -0.4 is 10.6 Å². The van der Waals surface area contributed by atoms with E-state index in [0.717, 1.165) is 63.6 Å². The lowest BCUT2D eigenvalue weighted by atomic mass is 9.98. The molecule has 116 valence electrons. The van der Waals surface area contributed by atoms with Crippen molar-refractivity contribution in [3.05, 3.63) is 11.6 Å². The fraction of sp³-hybridized carbons (Fsp3) is 0.786. The van der Waals surface area contributed by atoms with Gasteiger partial charge < -0.3 is 20.1 Å². The van der Waals surface area contributed by atoms with Crippen molar-refractivity contribution in [2.24, 2.45) is 5.92 Å². The minimum Gasteiger partial charge on any atom is -0.349 e. The van der Waals surface area contributed by atoms with Gasteiger partial charge in [-0.3, -0.25) is 4.79 Å². The van der Waals surface area contributed by atoms with E-state index in [2.05, 4.69) is 37.3 Å². The van der Waals surface area contributed by atoms with E-state index in [-0.39, 0.29) is 11.8 Å². The fourth-order valence-corrected chi connectivity index (χ4v) is 3.15. The molecule has 0 bridgehead atoms. The lowest BCUT2D eigenvalue weighted by Crippen LogP contribution is -2.41. The number of piperidine rings is 1. The van der Waals surface area contributed by atoms with Crippen molar-refractivity contribution < 1.29 is 4.79 Å². The number of carbonyl (C=O) groups is 1. The number of nitrogens with one attached hydrogen (secondary N) is 2. The van der Waals surface area contributed by atoms with E-state index in [1.165, 1.54) is 0 Å². The number of rotatable bonds is 3. The molecule has 21 heavy (non-hydrogen) atoms. The van der Waals surface area contributed by atoms with Crippen molar-refractivity contribution in [3.8, 4) is 0 Å². The van der Waals surface area contributed by atoms with Gasteiger partial charge in [0.05, 0.1) is 12.5 Å². The maximum Gasteiger partial charge on any atom is 0.224 e. The third kappa shape index (κ3) is 3.41. The molecular weight excluding hydrogens is 268 g/mol. The summed E-state index contributed by atoms with van der Waals surface area (Å²) in [6.45, 7) is 5.17. The molecule has 1 fully saturated rings. The van der Waals surface area contributed by atoms with Gasteiger partial charge in [0.2, 0.25) is 5.91 Å². The van der Waals surface area contributed by atoms with Gasteiger partial charge in [-0.2, -0.15) is 0 Å². The third-order valence-electron chi connectivity index (χ3n) is 4.36. The summed E-state index contributed by atoms with van der Waals surface area (Å²) in [5.41, 5.74) is 0. The van der Waals surface area contributed by atoms with Gasteiger partial charge in [-0.15, -0.1) is 10.2 Å². The van der Waals surface area contributed by atoms with Crippen LogP contribution in [0.2, 0.25) is 0 Å². The lowest BCUT2D eigenvalue weighted by Gasteiger charge is -2.28. The summed E-state index contributed by atoms with van der Waals surface area (Å²) in [5.74, 6) is 2.13. The molecule has 1 aromatic rings. The summed E-state index contributed by atoms with van der Waals surface area (Å²) < 4.78 is 2.13. The Balaban J connectivity index is 1.57. The van der Waals surface area contributed by atoms with Crippen LogP contribution in [0.15, 0.2) is 0 Å². The zero-order valence-corrected chi connectivity index (χ0v) is 12.6. The van der Waals surface area contributed by atoms with Crippen LogP contribution in [0.25, 0.3) is 0 Å². The number of hydrogen-bond donors (Lipinski definition) is 2. The van der Waals surface area contributed by atoms with Crippen molar-refractivity contribution >= 4 is 5.91 Å². The third-order valence-corrected chi connectivity index (χ3v) is 4.36. The molecule has 2 N–H and O–H groups in total. The second-order valence-electron chi connectivity index (χ2n) is 6.00. The van der Waals surface area contributed by atoms with Gasteiger partial charge in [-0.25, -0.2) is 0 Å². The Morgan fingerprint density at radius 1 is 1.38 bits per heavy atom. The topological polar surface area (TPSA) is 75.1 Å². The highest BCUT2D eigenvalue weighted by atomic mass is 16.1. The van der Waals surface area contributed by atoms with Crippen molar-refractivity contribution in [2.75, 3.05) is 33.2 Å². The van der Waals surface area contributed by atoms with Crippen LogP contribution in [0, 0.1) is 5.92 Å². The second kappa shape index (κ2) is 6.53. The monoisotopic (exact) mass is 292 g/mol. The number of carbonyl (C=O) groups excluding carboxylic acids is 1. The molecule has 2 aliphatic heterocycles. The first kappa shape index (κ1) is 14.5. The number of hydrogen-bond acceptors (Lipinski definition) is 5. The van der Waals surface area contributed by atoms with Crippen LogP contribution in [0.3, 0.4) is 0 Å². The van der Waals surface area contributed by atoms with Crippen molar-refractivity contribution in [2.45, 2.75) is 32.4 Å². The fourth-order valence-electron chi connectivity index (χ4n) is 3.15. The molecule has 1 saturated heterocycles. The van der Waals surface area contributed by atoms with E-state index in [1.54, 1.807) is 0 Å². The Labute approximate surface area is 125 Å². The largest absolute Gasteiger partial charge is 0.349 e. The van der Waals surface area contributed by atoms with E-state index in [4.69, 9.17) is 0 Å². The molecule has 0 aliphatic carbocycles. The average molecular weight is 292 g/mol. The number of nitrogens with zero attached hydrogens (tertiary/aromatic N) is 4. The Morgan fingerprint density at radius 3 is 3.14 bits per heavy atom. The Morgan fingerprint density at radius 2 is 2.29 bits per heavy atom. The minimum absolute atomic E-state index is 0.108. The molecule has 7 nitrogen and oxygen atoms in total. The minimum atomic E-state index is 0.108. The average Bonchev–Trinajstić information content (AvgIpc) is 2.72. The van der Waals surface area contributed by atoms with Gasteiger partial charge in [-0.1, -0.05) is 0 Å². The van der Waals surface area contributed by atoms with Crippen LogP contribution >= 0.6 is 0 Å². The van der Waals surface area contributed by atoms with Gasteiger partial charge in [0.25, 0.3) is 0 Å². The number of amides is 1. The van der Waals surface area contributed by atoms with Crippen LogP contribution in [0.1, 0.15) is 24.5 Å². The molecule has 3 heterocycles. The summed E-state index contributed by atoms with van der Waals surface area (Å²) in [5, 5.41) is 14.8. The second-order valence-corrected chi connectivity index (χ2v) is 6.00. The van der Waals surface area contributed by atoms with Crippen LogP contribution in [-0.4, -0.2) is 58.8 Å². The Bertz CT molecular complexity index is 500. The molecule has 3 rings (SSSR count). The predicted octanol–water partition coefficient (Wildman–Crippen LogP) is -0.618. The SMILES string of the molecule is CN1CCCC(C(=O)NCc2nnc3n2CCNCC3)C1. The van der Waals surface area contributed by atoms with Gasteiger partial charge in [0.15, 0.2) is 5.82 Å². The summed E-state index contributed by atoms with van der Waals surface area (Å²) in [6, 6.07) is 0. The standard InChI is InChI=1S/C14H24N6O/c1-19-7-2-3-11(10-19)14(21)16-9-13-18-17-12-4-5-15-6-8-20(12)13/h11,15H,2-10H2,1H3,(H,16,21). The highest BCUT2D eigenvalue weighted by molar-refractivity contribution is 5.78. The normalized spacial score (nSPS) is 23.4. The Kier molecular flexibility index (Phi) is 4.50. The number of likely N-dealkylation sites (tertiary alicyclic amines) is 1.